The molecule has 2 aliphatic heterocycles. The third-order valence-corrected chi connectivity index (χ3v) is 4.69. The summed E-state index contributed by atoms with van der Waals surface area (Å²) in [5.74, 6) is 0.383. The predicted molar refractivity (Wildman–Crippen MR) is 82.1 cm³/mol. The van der Waals surface area contributed by atoms with E-state index >= 15 is 0 Å². The Morgan fingerprint density at radius 2 is 1.96 bits per heavy atom. The van der Waals surface area contributed by atoms with E-state index in [-0.39, 0.29) is 12.1 Å². The second kappa shape index (κ2) is 7.20. The number of hydrogen-bond acceptors (Lipinski definition) is 3. The molecular formula is C17H23F3N2O. The first-order valence-electron chi connectivity index (χ1n) is 8.20. The van der Waals surface area contributed by atoms with E-state index in [0.29, 0.717) is 19.0 Å². The van der Waals surface area contributed by atoms with E-state index in [2.05, 4.69) is 17.4 Å². The van der Waals surface area contributed by atoms with Crippen molar-refractivity contribution in [3.63, 3.8) is 0 Å². The number of nitrogens with zero attached hydrogens (tertiary/aromatic N) is 1. The summed E-state index contributed by atoms with van der Waals surface area (Å²) >= 11 is 0. The van der Waals surface area contributed by atoms with Crippen molar-refractivity contribution in [3.05, 3.63) is 35.9 Å². The van der Waals surface area contributed by atoms with Gasteiger partial charge in [-0.3, -0.25) is 4.90 Å². The molecule has 0 aliphatic carbocycles. The molecule has 6 heteroatoms. The van der Waals surface area contributed by atoms with Crippen LogP contribution in [0.4, 0.5) is 13.2 Å². The maximum absolute atomic E-state index is 12.4. The zero-order chi connectivity index (χ0) is 16.3. The Labute approximate surface area is 134 Å². The lowest BCUT2D eigenvalue weighted by molar-refractivity contribution is -0.143. The van der Waals surface area contributed by atoms with Crippen LogP contribution in [0.1, 0.15) is 24.5 Å². The summed E-state index contributed by atoms with van der Waals surface area (Å²) in [6, 6.07) is 10.3. The first-order valence-corrected chi connectivity index (χ1v) is 8.20. The highest BCUT2D eigenvalue weighted by atomic mass is 19.4. The lowest BCUT2D eigenvalue weighted by Crippen LogP contribution is -2.38. The number of benzene rings is 1. The van der Waals surface area contributed by atoms with Crippen LogP contribution in [0.3, 0.4) is 0 Å². The Hall–Kier alpha value is -1.11. The Morgan fingerprint density at radius 3 is 2.70 bits per heavy atom. The van der Waals surface area contributed by atoms with Gasteiger partial charge < -0.3 is 10.1 Å². The number of halogens is 3. The minimum atomic E-state index is -4.10. The van der Waals surface area contributed by atoms with Crippen LogP contribution in [-0.4, -0.2) is 49.9 Å². The molecule has 0 bridgehead atoms. The molecule has 0 radical (unpaired) electrons. The molecule has 3 nitrogen and oxygen atoms in total. The first-order chi connectivity index (χ1) is 11.0. The van der Waals surface area contributed by atoms with Gasteiger partial charge in [0.05, 0.1) is 12.6 Å². The zero-order valence-electron chi connectivity index (χ0n) is 13.1. The summed E-state index contributed by atoms with van der Waals surface area (Å²) in [5, 5.41) is 3.45. The molecule has 2 aliphatic rings. The van der Waals surface area contributed by atoms with Gasteiger partial charge in [0.2, 0.25) is 0 Å². The number of rotatable bonds is 5. The fourth-order valence-corrected chi connectivity index (χ4v) is 3.57. The van der Waals surface area contributed by atoms with Crippen LogP contribution in [0.25, 0.3) is 0 Å². The lowest BCUT2D eigenvalue weighted by atomic mass is 9.95. The maximum atomic E-state index is 12.4. The molecule has 0 unspecified atom stereocenters. The topological polar surface area (TPSA) is 24.5 Å². The average Bonchev–Trinajstić information content (AvgIpc) is 3.13. The van der Waals surface area contributed by atoms with E-state index < -0.39 is 12.7 Å². The van der Waals surface area contributed by atoms with Gasteiger partial charge >= 0.3 is 6.18 Å². The minimum absolute atomic E-state index is 0.0939. The highest BCUT2D eigenvalue weighted by molar-refractivity contribution is 5.19. The van der Waals surface area contributed by atoms with Crippen LogP contribution < -0.4 is 5.32 Å². The fraction of sp³-hybridized carbons (Fsp3) is 0.647. The van der Waals surface area contributed by atoms with Crippen LogP contribution in [-0.2, 0) is 4.74 Å². The molecule has 2 saturated heterocycles. The Kier molecular flexibility index (Phi) is 5.24. The summed E-state index contributed by atoms with van der Waals surface area (Å²) < 4.78 is 43.1. The molecule has 3 rings (SSSR count). The first kappa shape index (κ1) is 16.7. The molecule has 1 aromatic carbocycles. The molecule has 3 atom stereocenters. The Morgan fingerprint density at radius 1 is 1.17 bits per heavy atom. The van der Waals surface area contributed by atoms with E-state index in [0.717, 1.165) is 26.0 Å². The molecule has 1 aromatic rings. The number of nitrogens with one attached hydrogen (secondary N) is 1. The van der Waals surface area contributed by atoms with Gasteiger partial charge in [0.1, 0.15) is 0 Å². The van der Waals surface area contributed by atoms with Gasteiger partial charge in [0, 0.05) is 38.2 Å². The number of ether oxygens (including phenoxy) is 1. The van der Waals surface area contributed by atoms with Crippen LogP contribution in [0.5, 0.6) is 0 Å². The smallest absolute Gasteiger partial charge is 0.373 e. The van der Waals surface area contributed by atoms with Gasteiger partial charge in [0.25, 0.3) is 0 Å². The highest BCUT2D eigenvalue weighted by Gasteiger charge is 2.35. The Balaban J connectivity index is 1.47. The normalized spacial score (nSPS) is 29.3. The van der Waals surface area contributed by atoms with Gasteiger partial charge in [-0.05, 0) is 18.4 Å². The SMILES string of the molecule is FC(F)(F)CN1CC[C@H](NC[C@H]2CCO[C@@H]2c2ccccc2)C1. The molecule has 128 valence electrons. The molecule has 0 spiro atoms. The maximum Gasteiger partial charge on any atom is 0.401 e. The van der Waals surface area contributed by atoms with Crippen molar-refractivity contribution in [2.24, 2.45) is 5.92 Å². The summed E-state index contributed by atoms with van der Waals surface area (Å²) in [6.07, 6.45) is -2.24. The fourth-order valence-electron chi connectivity index (χ4n) is 3.57. The van der Waals surface area contributed by atoms with Gasteiger partial charge in [-0.25, -0.2) is 0 Å². The monoisotopic (exact) mass is 328 g/mol. The largest absolute Gasteiger partial charge is 0.401 e. The van der Waals surface area contributed by atoms with Crippen molar-refractivity contribution >= 4 is 0 Å². The number of alkyl halides is 3. The molecular weight excluding hydrogens is 305 g/mol. The van der Waals surface area contributed by atoms with Crippen molar-refractivity contribution in [3.8, 4) is 0 Å². The molecule has 2 heterocycles. The standard InChI is InChI=1S/C17H23F3N2O/c18-17(19,20)12-22-8-6-15(11-22)21-10-14-7-9-23-16(14)13-4-2-1-3-5-13/h1-5,14-16,21H,6-12H2/t14-,15+,16-/m1/s1. The van der Waals surface area contributed by atoms with Gasteiger partial charge in [-0.1, -0.05) is 30.3 Å². The summed E-state index contributed by atoms with van der Waals surface area (Å²) in [5.41, 5.74) is 1.18. The van der Waals surface area contributed by atoms with Crippen molar-refractivity contribution in [2.45, 2.75) is 31.2 Å². The third kappa shape index (κ3) is 4.68. The zero-order valence-corrected chi connectivity index (χ0v) is 13.1. The van der Waals surface area contributed by atoms with Crippen LogP contribution in [0.15, 0.2) is 30.3 Å². The van der Waals surface area contributed by atoms with Crippen LogP contribution >= 0.6 is 0 Å². The number of likely N-dealkylation sites (tertiary alicyclic amines) is 1. The van der Waals surface area contributed by atoms with Crippen molar-refractivity contribution < 1.29 is 17.9 Å². The van der Waals surface area contributed by atoms with Crippen molar-refractivity contribution in [1.29, 1.82) is 0 Å². The summed E-state index contributed by atoms with van der Waals surface area (Å²) in [6.45, 7) is 1.73. The molecule has 23 heavy (non-hydrogen) atoms. The quantitative estimate of drug-likeness (QED) is 0.899. The van der Waals surface area contributed by atoms with E-state index in [4.69, 9.17) is 4.74 Å². The van der Waals surface area contributed by atoms with E-state index in [1.807, 2.05) is 18.2 Å². The van der Waals surface area contributed by atoms with E-state index in [1.54, 1.807) is 0 Å². The van der Waals surface area contributed by atoms with Crippen LogP contribution in [0.2, 0.25) is 0 Å². The summed E-state index contributed by atoms with van der Waals surface area (Å²) in [4.78, 5) is 1.48. The third-order valence-electron chi connectivity index (χ3n) is 4.69. The molecule has 0 aromatic heterocycles. The number of hydrogen-bond donors (Lipinski definition) is 1. The van der Waals surface area contributed by atoms with Gasteiger partial charge in [0.15, 0.2) is 0 Å². The van der Waals surface area contributed by atoms with Crippen LogP contribution in [0, 0.1) is 5.92 Å². The van der Waals surface area contributed by atoms with Gasteiger partial charge in [-0.15, -0.1) is 0 Å². The average molecular weight is 328 g/mol. The minimum Gasteiger partial charge on any atom is -0.373 e. The van der Waals surface area contributed by atoms with Crippen molar-refractivity contribution in [2.75, 3.05) is 32.8 Å². The molecule has 0 amide bonds. The Bertz CT molecular complexity index is 494. The van der Waals surface area contributed by atoms with Crippen molar-refractivity contribution in [1.82, 2.24) is 10.2 Å². The second-order valence-electron chi connectivity index (χ2n) is 6.49. The summed E-state index contributed by atoms with van der Waals surface area (Å²) in [7, 11) is 0. The predicted octanol–water partition coefficient (Wildman–Crippen LogP) is 2.99. The lowest BCUT2D eigenvalue weighted by Gasteiger charge is -2.22. The van der Waals surface area contributed by atoms with E-state index in [9.17, 15) is 13.2 Å². The molecule has 2 fully saturated rings. The molecule has 0 saturated carbocycles. The second-order valence-corrected chi connectivity index (χ2v) is 6.49. The van der Waals surface area contributed by atoms with E-state index in [1.165, 1.54) is 10.5 Å². The van der Waals surface area contributed by atoms with Gasteiger partial charge in [-0.2, -0.15) is 13.2 Å². The molecule has 1 N–H and O–H groups in total. The highest BCUT2D eigenvalue weighted by Crippen LogP contribution is 2.34.